The van der Waals surface area contributed by atoms with Gasteiger partial charge in [0.2, 0.25) is 0 Å². The molecule has 8 heteroatoms. The molecule has 6 nitrogen and oxygen atoms in total. The van der Waals surface area contributed by atoms with Gasteiger partial charge in [0.1, 0.15) is 11.6 Å². The van der Waals surface area contributed by atoms with Crippen LogP contribution in [-0.4, -0.2) is 38.2 Å². The number of rotatable bonds is 3. The number of carbonyl (C=O) groups is 1. The van der Waals surface area contributed by atoms with E-state index in [-0.39, 0.29) is 28.1 Å². The van der Waals surface area contributed by atoms with Crippen molar-refractivity contribution < 1.29 is 9.18 Å². The number of benzene rings is 1. The minimum absolute atomic E-state index is 0.00600. The molecule has 0 bridgehead atoms. The molecule has 0 aliphatic carbocycles. The Kier molecular flexibility index (Phi) is 4.94. The second kappa shape index (κ2) is 7.00. The van der Waals surface area contributed by atoms with Crippen molar-refractivity contribution in [2.75, 3.05) is 13.1 Å². The van der Waals surface area contributed by atoms with Crippen molar-refractivity contribution >= 4 is 17.5 Å². The van der Waals surface area contributed by atoms with Crippen molar-refractivity contribution in [2.45, 2.75) is 32.2 Å². The summed E-state index contributed by atoms with van der Waals surface area (Å²) in [4.78, 5) is 26.5. The summed E-state index contributed by atoms with van der Waals surface area (Å²) in [6.45, 7) is 3.49. The zero-order valence-electron chi connectivity index (χ0n) is 14.2. The van der Waals surface area contributed by atoms with Crippen molar-refractivity contribution in [1.29, 1.82) is 0 Å². The number of hydrogen-bond donors (Lipinski definition) is 0. The van der Waals surface area contributed by atoms with Gasteiger partial charge in [-0.25, -0.2) is 13.9 Å². The van der Waals surface area contributed by atoms with Crippen LogP contribution in [0.25, 0.3) is 0 Å². The van der Waals surface area contributed by atoms with E-state index in [9.17, 15) is 14.0 Å². The Morgan fingerprint density at radius 1 is 1.44 bits per heavy atom. The smallest absolute Gasteiger partial charge is 0.338 e. The summed E-state index contributed by atoms with van der Waals surface area (Å²) in [5.41, 5.74) is 0.122. The predicted molar refractivity (Wildman–Crippen MR) is 92.4 cm³/mol. The molecule has 0 radical (unpaired) electrons. The molecule has 0 spiro atoms. The van der Waals surface area contributed by atoms with Gasteiger partial charge in [-0.2, -0.15) is 5.10 Å². The number of likely N-dealkylation sites (tertiary alicyclic amines) is 1. The monoisotopic (exact) mass is 366 g/mol. The van der Waals surface area contributed by atoms with Crippen LogP contribution in [0.15, 0.2) is 23.0 Å². The Bertz CT molecular complexity index is 861. The molecule has 134 valence electrons. The first-order chi connectivity index (χ1) is 11.9. The molecule has 2 heterocycles. The van der Waals surface area contributed by atoms with Crippen LogP contribution < -0.4 is 5.69 Å². The number of nitrogens with zero attached hydrogens (tertiary/aromatic N) is 4. The predicted octanol–water partition coefficient (Wildman–Crippen LogP) is 2.41. The molecule has 1 aromatic heterocycles. The lowest BCUT2D eigenvalue weighted by atomic mass is 9.96. The summed E-state index contributed by atoms with van der Waals surface area (Å²) < 4.78 is 16.6. The number of amides is 1. The standard InChI is InChI=1S/C17H20ClFN4O2/c1-3-23-15(20-21(2)17(23)25)12-5-4-8-22(10-12)16(24)11-6-7-13(18)14(19)9-11/h6-7,9,12H,3-5,8,10H2,1-2H3/t12-/m1/s1. The highest BCUT2D eigenvalue weighted by Gasteiger charge is 2.29. The third kappa shape index (κ3) is 3.33. The highest BCUT2D eigenvalue weighted by Crippen LogP contribution is 2.26. The number of halogens is 2. The number of piperidine rings is 1. The van der Waals surface area contributed by atoms with Crippen LogP contribution in [0.2, 0.25) is 5.02 Å². The van der Waals surface area contributed by atoms with Crippen molar-refractivity contribution in [3.8, 4) is 0 Å². The topological polar surface area (TPSA) is 60.1 Å². The fourth-order valence-electron chi connectivity index (χ4n) is 3.31. The van der Waals surface area contributed by atoms with Gasteiger partial charge < -0.3 is 4.90 Å². The van der Waals surface area contributed by atoms with E-state index in [0.29, 0.717) is 25.5 Å². The number of aryl methyl sites for hydroxylation is 1. The molecule has 3 rings (SSSR count). The fourth-order valence-corrected chi connectivity index (χ4v) is 3.42. The third-order valence-electron chi connectivity index (χ3n) is 4.59. The Labute approximate surface area is 149 Å². The zero-order chi connectivity index (χ0) is 18.1. The molecule has 1 aliphatic rings. The summed E-state index contributed by atoms with van der Waals surface area (Å²) >= 11 is 5.68. The molecular weight excluding hydrogens is 347 g/mol. The van der Waals surface area contributed by atoms with Crippen LogP contribution in [0.3, 0.4) is 0 Å². The van der Waals surface area contributed by atoms with Gasteiger partial charge >= 0.3 is 5.69 Å². The van der Waals surface area contributed by atoms with Gasteiger partial charge in [-0.3, -0.25) is 9.36 Å². The van der Waals surface area contributed by atoms with Gasteiger partial charge in [-0.15, -0.1) is 0 Å². The summed E-state index contributed by atoms with van der Waals surface area (Å²) in [5.74, 6) is -0.147. The van der Waals surface area contributed by atoms with E-state index in [0.717, 1.165) is 18.9 Å². The van der Waals surface area contributed by atoms with E-state index in [1.54, 1.807) is 16.5 Å². The molecule has 0 saturated carbocycles. The van der Waals surface area contributed by atoms with E-state index in [1.807, 2.05) is 6.92 Å². The minimum Gasteiger partial charge on any atom is -0.338 e. The van der Waals surface area contributed by atoms with Gasteiger partial charge in [0.15, 0.2) is 0 Å². The summed E-state index contributed by atoms with van der Waals surface area (Å²) in [5, 5.41) is 4.34. The van der Waals surface area contributed by atoms with Crippen LogP contribution in [0.4, 0.5) is 4.39 Å². The average molecular weight is 367 g/mol. The fraction of sp³-hybridized carbons (Fsp3) is 0.471. The molecule has 1 atom stereocenters. The van der Waals surface area contributed by atoms with Crippen molar-refractivity contribution in [3.05, 3.63) is 50.9 Å². The first-order valence-corrected chi connectivity index (χ1v) is 8.68. The zero-order valence-corrected chi connectivity index (χ0v) is 15.0. The number of aromatic nitrogens is 3. The molecule has 1 fully saturated rings. The highest BCUT2D eigenvalue weighted by molar-refractivity contribution is 6.30. The molecule has 0 N–H and O–H groups in total. The molecule has 2 aromatic rings. The second-order valence-electron chi connectivity index (χ2n) is 6.23. The Balaban J connectivity index is 1.83. The Morgan fingerprint density at radius 2 is 2.20 bits per heavy atom. The maximum atomic E-state index is 13.6. The Hall–Kier alpha value is -2.15. The largest absolute Gasteiger partial charge is 0.345 e. The number of carbonyl (C=O) groups excluding carboxylic acids is 1. The average Bonchev–Trinajstić information content (AvgIpc) is 2.91. The molecule has 1 saturated heterocycles. The van der Waals surface area contributed by atoms with Gasteiger partial charge in [-0.05, 0) is 38.0 Å². The second-order valence-corrected chi connectivity index (χ2v) is 6.64. The van der Waals surface area contributed by atoms with Gasteiger partial charge in [0.25, 0.3) is 5.91 Å². The van der Waals surface area contributed by atoms with Gasteiger partial charge in [-0.1, -0.05) is 11.6 Å². The Morgan fingerprint density at radius 3 is 2.88 bits per heavy atom. The molecule has 1 aromatic carbocycles. The molecule has 0 unspecified atom stereocenters. The van der Waals surface area contributed by atoms with Crippen molar-refractivity contribution in [3.63, 3.8) is 0 Å². The van der Waals surface area contributed by atoms with Crippen LogP contribution in [0, 0.1) is 5.82 Å². The van der Waals surface area contributed by atoms with E-state index in [2.05, 4.69) is 5.10 Å². The lowest BCUT2D eigenvalue weighted by molar-refractivity contribution is 0.0702. The van der Waals surface area contributed by atoms with Crippen LogP contribution in [0.1, 0.15) is 41.9 Å². The summed E-state index contributed by atoms with van der Waals surface area (Å²) in [7, 11) is 1.63. The maximum absolute atomic E-state index is 13.6. The van der Waals surface area contributed by atoms with Crippen LogP contribution in [0.5, 0.6) is 0 Å². The summed E-state index contributed by atoms with van der Waals surface area (Å²) in [6, 6.07) is 4.08. The van der Waals surface area contributed by atoms with E-state index < -0.39 is 5.82 Å². The molecule has 1 amide bonds. The minimum atomic E-state index is -0.606. The van der Waals surface area contributed by atoms with E-state index >= 15 is 0 Å². The van der Waals surface area contributed by atoms with Crippen LogP contribution >= 0.6 is 11.6 Å². The molecule has 25 heavy (non-hydrogen) atoms. The third-order valence-corrected chi connectivity index (χ3v) is 4.90. The first-order valence-electron chi connectivity index (χ1n) is 8.30. The normalized spacial score (nSPS) is 17.8. The quantitative estimate of drug-likeness (QED) is 0.838. The highest BCUT2D eigenvalue weighted by atomic mass is 35.5. The van der Waals surface area contributed by atoms with E-state index in [1.165, 1.54) is 16.8 Å². The maximum Gasteiger partial charge on any atom is 0.345 e. The van der Waals surface area contributed by atoms with Crippen molar-refractivity contribution in [2.24, 2.45) is 7.05 Å². The van der Waals surface area contributed by atoms with Gasteiger partial charge in [0, 0.05) is 38.2 Å². The molecule has 1 aliphatic heterocycles. The number of hydrogen-bond acceptors (Lipinski definition) is 3. The lowest BCUT2D eigenvalue weighted by Gasteiger charge is -2.32. The first kappa shape index (κ1) is 17.7. The van der Waals surface area contributed by atoms with Crippen LogP contribution in [-0.2, 0) is 13.6 Å². The lowest BCUT2D eigenvalue weighted by Crippen LogP contribution is -2.40. The SMILES string of the molecule is CCn1c([C@@H]2CCCN(C(=O)c3ccc(Cl)c(F)c3)C2)nn(C)c1=O. The summed E-state index contributed by atoms with van der Waals surface area (Å²) in [6.07, 6.45) is 1.66. The molecular formula is C17H20ClFN4O2. The van der Waals surface area contributed by atoms with Crippen molar-refractivity contribution in [1.82, 2.24) is 19.2 Å². The van der Waals surface area contributed by atoms with Gasteiger partial charge in [0.05, 0.1) is 5.02 Å². The van der Waals surface area contributed by atoms with E-state index in [4.69, 9.17) is 11.6 Å².